The van der Waals surface area contributed by atoms with E-state index in [0.717, 1.165) is 18.8 Å². The van der Waals surface area contributed by atoms with E-state index in [0.29, 0.717) is 11.1 Å². The summed E-state index contributed by atoms with van der Waals surface area (Å²) in [6, 6.07) is 16.8. The molecule has 0 unspecified atom stereocenters. The molecule has 1 saturated heterocycles. The number of quaternary nitrogens is 2. The molecule has 0 amide bonds. The summed E-state index contributed by atoms with van der Waals surface area (Å²) in [6.07, 6.45) is 1.07. The van der Waals surface area contributed by atoms with Gasteiger partial charge in [0.25, 0.3) is 0 Å². The molecule has 2 aromatic rings. The smallest absolute Gasteiger partial charge is 0.193 e. The lowest BCUT2D eigenvalue weighted by molar-refractivity contribution is -1.00. The molecule has 0 saturated carbocycles. The van der Waals surface area contributed by atoms with Gasteiger partial charge >= 0.3 is 0 Å². The van der Waals surface area contributed by atoms with Crippen LogP contribution in [0.5, 0.6) is 5.75 Å². The van der Waals surface area contributed by atoms with Crippen LogP contribution in [0, 0.1) is 0 Å². The average Bonchev–Trinajstić information content (AvgIpc) is 2.67. The summed E-state index contributed by atoms with van der Waals surface area (Å²) < 4.78 is 5.83. The Labute approximate surface area is 150 Å². The molecule has 0 bridgehead atoms. The molecular weight excluding hydrogens is 312 g/mol. The molecule has 132 valence electrons. The predicted molar refractivity (Wildman–Crippen MR) is 98.6 cm³/mol. The van der Waals surface area contributed by atoms with Gasteiger partial charge in [0.05, 0.1) is 20.2 Å². The van der Waals surface area contributed by atoms with Crippen LogP contribution in [0.2, 0.25) is 0 Å². The van der Waals surface area contributed by atoms with Crippen molar-refractivity contribution in [3.8, 4) is 5.75 Å². The minimum atomic E-state index is 0.0490. The standard InChI is InChI=1S/C21H26N2O2/c1-22-13-15-23(16-14-22)12-5-17-25-20-10-8-19(9-11-20)21(24)18-6-3-2-4-7-18/h2-4,6-11H,5,12-17H2,1H3/p+2. The maximum absolute atomic E-state index is 12.4. The Kier molecular flexibility index (Phi) is 6.20. The summed E-state index contributed by atoms with van der Waals surface area (Å²) in [4.78, 5) is 15.7. The third-order valence-corrected chi connectivity index (χ3v) is 4.91. The highest BCUT2D eigenvalue weighted by molar-refractivity contribution is 6.08. The molecular formula is C21H28N2O2+2. The second-order valence-electron chi connectivity index (χ2n) is 6.88. The number of likely N-dealkylation sites (N-methyl/N-ethyl adjacent to an activating group) is 1. The van der Waals surface area contributed by atoms with Gasteiger partial charge in [-0.2, -0.15) is 0 Å². The van der Waals surface area contributed by atoms with Crippen molar-refractivity contribution in [3.05, 3.63) is 65.7 Å². The minimum Gasteiger partial charge on any atom is -0.493 e. The van der Waals surface area contributed by atoms with Crippen LogP contribution in [0.25, 0.3) is 0 Å². The highest BCUT2D eigenvalue weighted by Gasteiger charge is 2.19. The van der Waals surface area contributed by atoms with Crippen LogP contribution >= 0.6 is 0 Å². The molecule has 25 heavy (non-hydrogen) atoms. The summed E-state index contributed by atoms with van der Waals surface area (Å²) in [6.45, 7) is 6.99. The molecule has 0 radical (unpaired) electrons. The Balaban J connectivity index is 1.43. The third kappa shape index (κ3) is 5.15. The van der Waals surface area contributed by atoms with Gasteiger partial charge in [-0.25, -0.2) is 0 Å². The Bertz CT molecular complexity index is 662. The molecule has 2 N–H and O–H groups in total. The first-order chi connectivity index (χ1) is 12.2. The molecule has 0 atom stereocenters. The first kappa shape index (κ1) is 17.6. The van der Waals surface area contributed by atoms with Gasteiger partial charge in [-0.1, -0.05) is 30.3 Å². The van der Waals surface area contributed by atoms with E-state index in [9.17, 15) is 4.79 Å². The quantitative estimate of drug-likeness (QED) is 0.554. The van der Waals surface area contributed by atoms with Crippen LogP contribution in [-0.2, 0) is 0 Å². The predicted octanol–water partition coefficient (Wildman–Crippen LogP) is 0.0997. The number of hydrogen-bond acceptors (Lipinski definition) is 2. The molecule has 1 aliphatic rings. The number of benzene rings is 2. The SMILES string of the molecule is C[NH+]1CC[NH+](CCCOc2ccc(C(=O)c3ccccc3)cc2)CC1. The number of ether oxygens (including phenoxy) is 1. The van der Waals surface area contributed by atoms with E-state index >= 15 is 0 Å². The number of carbonyl (C=O) groups excluding carboxylic acids is 1. The lowest BCUT2D eigenvalue weighted by atomic mass is 10.0. The molecule has 4 nitrogen and oxygen atoms in total. The highest BCUT2D eigenvalue weighted by Crippen LogP contribution is 2.15. The average molecular weight is 340 g/mol. The van der Waals surface area contributed by atoms with Crippen LogP contribution < -0.4 is 14.5 Å². The first-order valence-corrected chi connectivity index (χ1v) is 9.20. The second kappa shape index (κ2) is 8.79. The zero-order chi connectivity index (χ0) is 17.5. The van der Waals surface area contributed by atoms with Crippen LogP contribution in [0.3, 0.4) is 0 Å². The van der Waals surface area contributed by atoms with Crippen molar-refractivity contribution in [2.24, 2.45) is 0 Å². The van der Waals surface area contributed by atoms with Gasteiger partial charge in [0.15, 0.2) is 5.78 Å². The van der Waals surface area contributed by atoms with E-state index in [1.807, 2.05) is 54.6 Å². The fourth-order valence-electron chi connectivity index (χ4n) is 3.25. The van der Waals surface area contributed by atoms with Crippen LogP contribution in [-0.4, -0.2) is 52.2 Å². The molecule has 0 aromatic heterocycles. The maximum Gasteiger partial charge on any atom is 0.193 e. The molecule has 1 fully saturated rings. The van der Waals surface area contributed by atoms with E-state index in [4.69, 9.17) is 4.74 Å². The van der Waals surface area contributed by atoms with E-state index in [1.54, 1.807) is 9.80 Å². The fourth-order valence-corrected chi connectivity index (χ4v) is 3.25. The van der Waals surface area contributed by atoms with Crippen molar-refractivity contribution >= 4 is 5.78 Å². The largest absolute Gasteiger partial charge is 0.493 e. The summed E-state index contributed by atoms with van der Waals surface area (Å²) in [5.74, 6) is 0.885. The fraction of sp³-hybridized carbons (Fsp3) is 0.381. The number of hydrogen-bond donors (Lipinski definition) is 2. The number of piperazine rings is 1. The Morgan fingerprint density at radius 3 is 2.24 bits per heavy atom. The summed E-state index contributed by atoms with van der Waals surface area (Å²) in [5, 5.41) is 0. The van der Waals surface area contributed by atoms with Gasteiger partial charge in [0.2, 0.25) is 0 Å². The monoisotopic (exact) mass is 340 g/mol. The number of rotatable bonds is 7. The van der Waals surface area contributed by atoms with E-state index < -0.39 is 0 Å². The maximum atomic E-state index is 12.4. The topological polar surface area (TPSA) is 35.2 Å². The summed E-state index contributed by atoms with van der Waals surface area (Å²) in [7, 11) is 2.27. The number of ketones is 1. The lowest BCUT2D eigenvalue weighted by Crippen LogP contribution is -3.27. The highest BCUT2D eigenvalue weighted by atomic mass is 16.5. The number of nitrogens with one attached hydrogen (secondary N) is 2. The van der Waals surface area contributed by atoms with Gasteiger partial charge in [0.1, 0.15) is 31.9 Å². The summed E-state index contributed by atoms with van der Waals surface area (Å²) in [5.41, 5.74) is 1.41. The number of carbonyl (C=O) groups is 1. The van der Waals surface area contributed by atoms with Gasteiger partial charge < -0.3 is 14.5 Å². The van der Waals surface area contributed by atoms with Crippen molar-refractivity contribution < 1.29 is 19.3 Å². The van der Waals surface area contributed by atoms with Gasteiger partial charge in [-0.05, 0) is 24.3 Å². The third-order valence-electron chi connectivity index (χ3n) is 4.91. The van der Waals surface area contributed by atoms with Gasteiger partial charge in [0, 0.05) is 17.5 Å². The molecule has 0 aliphatic carbocycles. The van der Waals surface area contributed by atoms with Gasteiger partial charge in [-0.15, -0.1) is 0 Å². The van der Waals surface area contributed by atoms with Crippen molar-refractivity contribution in [2.75, 3.05) is 46.4 Å². The van der Waals surface area contributed by atoms with Crippen molar-refractivity contribution in [2.45, 2.75) is 6.42 Å². The Morgan fingerprint density at radius 2 is 1.56 bits per heavy atom. The van der Waals surface area contributed by atoms with Gasteiger partial charge in [-0.3, -0.25) is 4.79 Å². The van der Waals surface area contributed by atoms with Crippen molar-refractivity contribution in [3.63, 3.8) is 0 Å². The first-order valence-electron chi connectivity index (χ1n) is 9.20. The molecule has 2 aromatic carbocycles. The Hall–Kier alpha value is -2.17. The van der Waals surface area contributed by atoms with E-state index in [2.05, 4.69) is 7.05 Å². The molecule has 1 heterocycles. The Morgan fingerprint density at radius 1 is 0.920 bits per heavy atom. The lowest BCUT2D eigenvalue weighted by Gasteiger charge is -2.27. The normalized spacial score (nSPS) is 20.2. The van der Waals surface area contributed by atoms with Crippen molar-refractivity contribution in [1.29, 1.82) is 0 Å². The van der Waals surface area contributed by atoms with E-state index in [1.165, 1.54) is 32.7 Å². The summed E-state index contributed by atoms with van der Waals surface area (Å²) >= 11 is 0. The van der Waals surface area contributed by atoms with Crippen LogP contribution in [0.15, 0.2) is 54.6 Å². The van der Waals surface area contributed by atoms with Crippen LogP contribution in [0.1, 0.15) is 22.3 Å². The molecule has 0 spiro atoms. The van der Waals surface area contributed by atoms with Crippen molar-refractivity contribution in [1.82, 2.24) is 0 Å². The molecule has 4 heteroatoms. The van der Waals surface area contributed by atoms with E-state index in [-0.39, 0.29) is 5.78 Å². The molecule has 3 rings (SSSR count). The molecule has 1 aliphatic heterocycles. The zero-order valence-electron chi connectivity index (χ0n) is 15.0. The zero-order valence-corrected chi connectivity index (χ0v) is 15.0. The van der Waals surface area contributed by atoms with Crippen LogP contribution in [0.4, 0.5) is 0 Å². The second-order valence-corrected chi connectivity index (χ2v) is 6.88. The minimum absolute atomic E-state index is 0.0490.